The van der Waals surface area contributed by atoms with Gasteiger partial charge in [0.15, 0.2) is 0 Å². The molecule has 1 unspecified atom stereocenters. The number of aromatic amines is 1. The summed E-state index contributed by atoms with van der Waals surface area (Å²) in [5.41, 5.74) is 0. The Morgan fingerprint density at radius 1 is 1.69 bits per heavy atom. The summed E-state index contributed by atoms with van der Waals surface area (Å²) in [6.07, 6.45) is 2.75. The van der Waals surface area contributed by atoms with Gasteiger partial charge in [0.05, 0.1) is 12.1 Å². The summed E-state index contributed by atoms with van der Waals surface area (Å²) in [4.78, 5) is 10.7. The fraction of sp³-hybridized carbons (Fsp3) is 0.500. The highest BCUT2D eigenvalue weighted by atomic mass is 32.2. The predicted octanol–water partition coefficient (Wildman–Crippen LogP) is -0.201. The third-order valence-electron chi connectivity index (χ3n) is 2.15. The monoisotopic (exact) mass is 247 g/mol. The number of carboxylic acids is 1. The van der Waals surface area contributed by atoms with E-state index in [4.69, 9.17) is 5.11 Å². The molecule has 0 saturated carbocycles. The van der Waals surface area contributed by atoms with Gasteiger partial charge in [-0.15, -0.1) is 0 Å². The zero-order valence-corrected chi connectivity index (χ0v) is 9.49. The number of nitrogens with one attached hydrogen (secondary N) is 2. The maximum absolute atomic E-state index is 11.6. The van der Waals surface area contributed by atoms with E-state index in [0.29, 0.717) is 6.42 Å². The van der Waals surface area contributed by atoms with Gasteiger partial charge in [0.1, 0.15) is 4.90 Å². The van der Waals surface area contributed by atoms with E-state index in [1.165, 1.54) is 6.20 Å². The first-order valence-corrected chi connectivity index (χ1v) is 6.17. The molecule has 1 rings (SSSR count). The summed E-state index contributed by atoms with van der Waals surface area (Å²) in [5.74, 6) is -1.74. The summed E-state index contributed by atoms with van der Waals surface area (Å²) in [5, 5.41) is 14.6. The van der Waals surface area contributed by atoms with E-state index in [0.717, 1.165) is 6.20 Å². The van der Waals surface area contributed by atoms with Crippen LogP contribution in [-0.2, 0) is 14.8 Å². The second-order valence-corrected chi connectivity index (χ2v) is 5.00. The summed E-state index contributed by atoms with van der Waals surface area (Å²) >= 11 is 0. The van der Waals surface area contributed by atoms with Crippen molar-refractivity contribution in [1.82, 2.24) is 14.9 Å². The van der Waals surface area contributed by atoms with E-state index in [1.54, 1.807) is 6.92 Å². The Hall–Kier alpha value is -1.41. The number of rotatable bonds is 6. The molecule has 90 valence electrons. The molecular weight excluding hydrogens is 234 g/mol. The highest BCUT2D eigenvalue weighted by molar-refractivity contribution is 7.89. The first-order chi connectivity index (χ1) is 7.47. The average molecular weight is 247 g/mol. The molecule has 8 heteroatoms. The second-order valence-electron chi connectivity index (χ2n) is 3.23. The molecule has 0 aliphatic rings. The van der Waals surface area contributed by atoms with Crippen molar-refractivity contribution in [2.24, 2.45) is 5.92 Å². The van der Waals surface area contributed by atoms with Gasteiger partial charge in [0.2, 0.25) is 10.0 Å². The number of carbonyl (C=O) groups is 1. The Morgan fingerprint density at radius 3 is 2.81 bits per heavy atom. The maximum Gasteiger partial charge on any atom is 0.307 e. The molecule has 3 N–H and O–H groups in total. The molecule has 0 aliphatic carbocycles. The molecule has 7 nitrogen and oxygen atoms in total. The second kappa shape index (κ2) is 5.08. The van der Waals surface area contributed by atoms with Crippen LogP contribution in [0.5, 0.6) is 0 Å². The molecule has 1 aromatic heterocycles. The summed E-state index contributed by atoms with van der Waals surface area (Å²) in [7, 11) is -3.66. The minimum absolute atomic E-state index is 0.00672. The number of aromatic nitrogens is 2. The van der Waals surface area contributed by atoms with Gasteiger partial charge in [0.25, 0.3) is 0 Å². The summed E-state index contributed by atoms with van der Waals surface area (Å²) in [6.45, 7) is 1.56. The van der Waals surface area contributed by atoms with Crippen molar-refractivity contribution in [3.8, 4) is 0 Å². The van der Waals surface area contributed by atoms with Crippen LogP contribution >= 0.6 is 0 Å². The Labute approximate surface area is 92.9 Å². The molecule has 0 bridgehead atoms. The molecule has 16 heavy (non-hydrogen) atoms. The number of hydrogen-bond acceptors (Lipinski definition) is 4. The van der Waals surface area contributed by atoms with Gasteiger partial charge in [-0.2, -0.15) is 5.10 Å². The normalized spacial score (nSPS) is 13.6. The predicted molar refractivity (Wildman–Crippen MR) is 55.2 cm³/mol. The van der Waals surface area contributed by atoms with Crippen molar-refractivity contribution >= 4 is 16.0 Å². The molecule has 0 amide bonds. The van der Waals surface area contributed by atoms with Gasteiger partial charge in [0, 0.05) is 12.7 Å². The molecule has 1 heterocycles. The Bertz CT molecular complexity index is 440. The lowest BCUT2D eigenvalue weighted by Crippen LogP contribution is -2.32. The van der Waals surface area contributed by atoms with E-state index in [-0.39, 0.29) is 11.4 Å². The zero-order chi connectivity index (χ0) is 12.2. The molecule has 0 spiro atoms. The van der Waals surface area contributed by atoms with Gasteiger partial charge < -0.3 is 5.11 Å². The van der Waals surface area contributed by atoms with Crippen LogP contribution in [0, 0.1) is 5.92 Å². The molecular formula is C8H13N3O4S. The fourth-order valence-corrected chi connectivity index (χ4v) is 2.07. The van der Waals surface area contributed by atoms with Crippen molar-refractivity contribution in [3.63, 3.8) is 0 Å². The zero-order valence-electron chi connectivity index (χ0n) is 8.67. The van der Waals surface area contributed by atoms with Crippen molar-refractivity contribution in [3.05, 3.63) is 12.4 Å². The van der Waals surface area contributed by atoms with Crippen LogP contribution in [-0.4, -0.2) is 36.2 Å². The van der Waals surface area contributed by atoms with E-state index in [2.05, 4.69) is 14.9 Å². The largest absolute Gasteiger partial charge is 0.481 e. The lowest BCUT2D eigenvalue weighted by Gasteiger charge is -2.10. The van der Waals surface area contributed by atoms with E-state index < -0.39 is 21.9 Å². The van der Waals surface area contributed by atoms with Gasteiger partial charge in [-0.25, -0.2) is 13.1 Å². The molecule has 0 radical (unpaired) electrons. The van der Waals surface area contributed by atoms with Gasteiger partial charge in [-0.1, -0.05) is 6.92 Å². The quantitative estimate of drug-likeness (QED) is 0.644. The number of nitrogens with zero attached hydrogens (tertiary/aromatic N) is 1. The number of aliphatic carboxylic acids is 1. The molecule has 0 aliphatic heterocycles. The first kappa shape index (κ1) is 12.7. The minimum atomic E-state index is -3.66. The molecule has 1 aromatic rings. The average Bonchev–Trinajstić information content (AvgIpc) is 2.71. The highest BCUT2D eigenvalue weighted by Gasteiger charge is 2.20. The highest BCUT2D eigenvalue weighted by Crippen LogP contribution is 2.07. The SMILES string of the molecule is CCC(CNS(=O)(=O)c1cn[nH]c1)C(=O)O. The van der Waals surface area contributed by atoms with E-state index >= 15 is 0 Å². The molecule has 0 aromatic carbocycles. The van der Waals surface area contributed by atoms with E-state index in [9.17, 15) is 13.2 Å². The maximum atomic E-state index is 11.6. The molecule has 0 saturated heterocycles. The number of hydrogen-bond donors (Lipinski definition) is 3. The standard InChI is InChI=1S/C8H13N3O4S/c1-2-6(8(12)13)3-11-16(14,15)7-4-9-10-5-7/h4-6,11H,2-3H2,1H3,(H,9,10)(H,12,13). The van der Waals surface area contributed by atoms with Crippen LogP contribution in [0.1, 0.15) is 13.3 Å². The van der Waals surface area contributed by atoms with E-state index in [1.807, 2.05) is 0 Å². The Kier molecular flexibility index (Phi) is 4.02. The molecule has 0 fully saturated rings. The van der Waals surface area contributed by atoms with Gasteiger partial charge in [-0.05, 0) is 6.42 Å². The molecule has 1 atom stereocenters. The van der Waals surface area contributed by atoms with Crippen molar-refractivity contribution in [1.29, 1.82) is 0 Å². The van der Waals surface area contributed by atoms with Crippen LogP contribution < -0.4 is 4.72 Å². The Morgan fingerprint density at radius 2 is 2.38 bits per heavy atom. The fourth-order valence-electron chi connectivity index (χ4n) is 1.09. The van der Waals surface area contributed by atoms with Crippen LogP contribution in [0.25, 0.3) is 0 Å². The third kappa shape index (κ3) is 3.04. The van der Waals surface area contributed by atoms with Crippen LogP contribution in [0.15, 0.2) is 17.3 Å². The summed E-state index contributed by atoms with van der Waals surface area (Å²) in [6, 6.07) is 0. The lowest BCUT2D eigenvalue weighted by atomic mass is 10.1. The van der Waals surface area contributed by atoms with Crippen LogP contribution in [0.2, 0.25) is 0 Å². The summed E-state index contributed by atoms with van der Waals surface area (Å²) < 4.78 is 25.4. The van der Waals surface area contributed by atoms with Crippen molar-refractivity contribution in [2.45, 2.75) is 18.2 Å². The Balaban J connectivity index is 2.65. The number of H-pyrrole nitrogens is 1. The van der Waals surface area contributed by atoms with Crippen LogP contribution in [0.4, 0.5) is 0 Å². The lowest BCUT2D eigenvalue weighted by molar-refractivity contribution is -0.141. The van der Waals surface area contributed by atoms with Gasteiger partial charge in [-0.3, -0.25) is 9.89 Å². The van der Waals surface area contributed by atoms with Crippen LogP contribution in [0.3, 0.4) is 0 Å². The third-order valence-corrected chi connectivity index (χ3v) is 3.54. The van der Waals surface area contributed by atoms with Crippen molar-refractivity contribution < 1.29 is 18.3 Å². The number of carboxylic acid groups (broad SMARTS) is 1. The minimum Gasteiger partial charge on any atom is -0.481 e. The first-order valence-electron chi connectivity index (χ1n) is 4.68. The topological polar surface area (TPSA) is 112 Å². The van der Waals surface area contributed by atoms with Gasteiger partial charge >= 0.3 is 5.97 Å². The number of sulfonamides is 1. The smallest absolute Gasteiger partial charge is 0.307 e. The van der Waals surface area contributed by atoms with Crippen molar-refractivity contribution in [2.75, 3.05) is 6.54 Å².